The van der Waals surface area contributed by atoms with Crippen LogP contribution < -0.4 is 11.3 Å². The maximum atomic E-state index is 6.27. The van der Waals surface area contributed by atoms with E-state index < -0.39 is 0 Å². The van der Waals surface area contributed by atoms with Gasteiger partial charge in [0, 0.05) is 10.5 Å². The maximum absolute atomic E-state index is 6.27. The number of rotatable bonds is 4. The molecule has 0 aliphatic carbocycles. The second-order valence-corrected chi connectivity index (χ2v) is 6.69. The molecule has 0 aliphatic heterocycles. The summed E-state index contributed by atoms with van der Waals surface area (Å²) in [6.45, 7) is 6.68. The van der Waals surface area contributed by atoms with E-state index in [4.69, 9.17) is 17.4 Å². The molecular formula is C13H20BrClN2. The van der Waals surface area contributed by atoms with Crippen LogP contribution in [0.2, 0.25) is 5.02 Å². The first kappa shape index (κ1) is 15.0. The lowest BCUT2D eigenvalue weighted by Gasteiger charge is -2.23. The molecule has 0 bridgehead atoms. The van der Waals surface area contributed by atoms with Crippen LogP contribution in [0.1, 0.15) is 45.2 Å². The van der Waals surface area contributed by atoms with E-state index in [0.29, 0.717) is 5.41 Å². The number of hydrogen-bond donors (Lipinski definition) is 2. The maximum Gasteiger partial charge on any atom is 0.0596 e. The van der Waals surface area contributed by atoms with Gasteiger partial charge in [-0.25, -0.2) is 0 Å². The van der Waals surface area contributed by atoms with Crippen LogP contribution in [0.3, 0.4) is 0 Å². The highest BCUT2D eigenvalue weighted by Gasteiger charge is 2.18. The van der Waals surface area contributed by atoms with Gasteiger partial charge in [0.1, 0.15) is 0 Å². The summed E-state index contributed by atoms with van der Waals surface area (Å²) in [7, 11) is 0. The van der Waals surface area contributed by atoms with Gasteiger partial charge in [-0.05, 0) is 45.8 Å². The number of halogens is 2. The minimum absolute atomic E-state index is 0.0965. The Bertz CT molecular complexity index is 374. The molecule has 4 heteroatoms. The molecule has 17 heavy (non-hydrogen) atoms. The first-order valence-electron chi connectivity index (χ1n) is 5.75. The summed E-state index contributed by atoms with van der Waals surface area (Å²) in [6.07, 6.45) is 2.06. The monoisotopic (exact) mass is 318 g/mol. The molecule has 1 aromatic rings. The molecule has 1 aromatic carbocycles. The average molecular weight is 320 g/mol. The summed E-state index contributed by atoms with van der Waals surface area (Å²) in [4.78, 5) is 0. The lowest BCUT2D eigenvalue weighted by atomic mass is 9.87. The van der Waals surface area contributed by atoms with Crippen molar-refractivity contribution in [2.24, 2.45) is 11.3 Å². The third-order valence-electron chi connectivity index (χ3n) is 2.74. The van der Waals surface area contributed by atoms with Gasteiger partial charge in [-0.2, -0.15) is 0 Å². The van der Waals surface area contributed by atoms with Crippen molar-refractivity contribution >= 4 is 27.5 Å². The van der Waals surface area contributed by atoms with E-state index in [1.54, 1.807) is 0 Å². The second kappa shape index (κ2) is 6.19. The Morgan fingerprint density at radius 2 is 2.06 bits per heavy atom. The van der Waals surface area contributed by atoms with Crippen LogP contribution in [0.4, 0.5) is 0 Å². The van der Waals surface area contributed by atoms with Crippen molar-refractivity contribution in [3.05, 3.63) is 33.3 Å². The minimum Gasteiger partial charge on any atom is -0.271 e. The Morgan fingerprint density at radius 3 is 2.59 bits per heavy atom. The highest BCUT2D eigenvalue weighted by atomic mass is 79.9. The SMILES string of the molecule is CC(C)(C)CCC(NN)c1cccc(Br)c1Cl. The van der Waals surface area contributed by atoms with Crippen molar-refractivity contribution in [1.82, 2.24) is 5.43 Å². The number of benzene rings is 1. The molecule has 96 valence electrons. The van der Waals surface area contributed by atoms with Gasteiger partial charge in [0.05, 0.1) is 5.02 Å². The Kier molecular flexibility index (Phi) is 5.45. The highest BCUT2D eigenvalue weighted by molar-refractivity contribution is 9.10. The molecule has 3 N–H and O–H groups in total. The predicted octanol–water partition coefficient (Wildman–Crippen LogP) is 4.43. The van der Waals surface area contributed by atoms with E-state index in [9.17, 15) is 0 Å². The Labute approximate surface area is 117 Å². The van der Waals surface area contributed by atoms with Crippen molar-refractivity contribution in [2.45, 2.75) is 39.7 Å². The van der Waals surface area contributed by atoms with Crippen molar-refractivity contribution in [1.29, 1.82) is 0 Å². The van der Waals surface area contributed by atoms with Gasteiger partial charge >= 0.3 is 0 Å². The number of hydrogen-bond acceptors (Lipinski definition) is 2. The zero-order valence-electron chi connectivity index (χ0n) is 10.6. The van der Waals surface area contributed by atoms with Crippen LogP contribution in [0.15, 0.2) is 22.7 Å². The summed E-state index contributed by atoms with van der Waals surface area (Å²) < 4.78 is 0.910. The summed E-state index contributed by atoms with van der Waals surface area (Å²) >= 11 is 9.71. The smallest absolute Gasteiger partial charge is 0.0596 e. The van der Waals surface area contributed by atoms with Crippen molar-refractivity contribution in [3.8, 4) is 0 Å². The molecule has 1 atom stereocenters. The van der Waals surface area contributed by atoms with E-state index in [0.717, 1.165) is 27.9 Å². The van der Waals surface area contributed by atoms with Crippen LogP contribution in [0, 0.1) is 5.41 Å². The van der Waals surface area contributed by atoms with Gasteiger partial charge in [-0.3, -0.25) is 11.3 Å². The lowest BCUT2D eigenvalue weighted by Crippen LogP contribution is -2.29. The molecule has 0 saturated carbocycles. The summed E-state index contributed by atoms with van der Waals surface area (Å²) in [6, 6.07) is 6.02. The van der Waals surface area contributed by atoms with E-state index in [1.807, 2.05) is 18.2 Å². The zero-order valence-corrected chi connectivity index (χ0v) is 12.9. The minimum atomic E-state index is 0.0965. The molecule has 0 radical (unpaired) electrons. The van der Waals surface area contributed by atoms with Crippen LogP contribution in [0.5, 0.6) is 0 Å². The fraction of sp³-hybridized carbons (Fsp3) is 0.538. The standard InChI is InChI=1S/C13H20BrClN2/c1-13(2,3)8-7-11(17-16)9-5-4-6-10(14)12(9)15/h4-6,11,17H,7-8,16H2,1-3H3. The topological polar surface area (TPSA) is 38.0 Å². The number of nitrogens with one attached hydrogen (secondary N) is 1. The van der Waals surface area contributed by atoms with Gasteiger partial charge < -0.3 is 0 Å². The van der Waals surface area contributed by atoms with E-state index in [-0.39, 0.29) is 6.04 Å². The van der Waals surface area contributed by atoms with Gasteiger partial charge in [-0.15, -0.1) is 0 Å². The van der Waals surface area contributed by atoms with Crippen LogP contribution in [-0.4, -0.2) is 0 Å². The van der Waals surface area contributed by atoms with Crippen LogP contribution in [-0.2, 0) is 0 Å². The Hall–Kier alpha value is -0.0900. The molecule has 0 aromatic heterocycles. The molecule has 0 amide bonds. The van der Waals surface area contributed by atoms with Gasteiger partial charge in [0.25, 0.3) is 0 Å². The van der Waals surface area contributed by atoms with Gasteiger partial charge in [-0.1, -0.05) is 44.5 Å². The fourth-order valence-corrected chi connectivity index (χ4v) is 2.33. The lowest BCUT2D eigenvalue weighted by molar-refractivity contribution is 0.333. The summed E-state index contributed by atoms with van der Waals surface area (Å²) in [5.41, 5.74) is 4.20. The second-order valence-electron chi connectivity index (χ2n) is 5.46. The summed E-state index contributed by atoms with van der Waals surface area (Å²) in [5, 5.41) is 0.740. The molecule has 1 rings (SSSR count). The van der Waals surface area contributed by atoms with E-state index in [1.165, 1.54) is 0 Å². The quantitative estimate of drug-likeness (QED) is 0.636. The number of hydrazine groups is 1. The van der Waals surface area contributed by atoms with Crippen molar-refractivity contribution < 1.29 is 0 Å². The van der Waals surface area contributed by atoms with Crippen LogP contribution >= 0.6 is 27.5 Å². The van der Waals surface area contributed by atoms with Crippen LogP contribution in [0.25, 0.3) is 0 Å². The molecule has 0 spiro atoms. The van der Waals surface area contributed by atoms with Gasteiger partial charge in [0.15, 0.2) is 0 Å². The van der Waals surface area contributed by atoms with Gasteiger partial charge in [0.2, 0.25) is 0 Å². The Balaban J connectivity index is 2.83. The first-order chi connectivity index (χ1) is 7.85. The third kappa shape index (κ3) is 4.59. The molecule has 0 heterocycles. The van der Waals surface area contributed by atoms with E-state index in [2.05, 4.69) is 42.1 Å². The summed E-state index contributed by atoms with van der Waals surface area (Å²) in [5.74, 6) is 5.63. The molecule has 0 aliphatic rings. The van der Waals surface area contributed by atoms with Crippen molar-refractivity contribution in [2.75, 3.05) is 0 Å². The molecule has 1 unspecified atom stereocenters. The zero-order chi connectivity index (χ0) is 13.1. The molecular weight excluding hydrogens is 300 g/mol. The molecule has 0 fully saturated rings. The Morgan fingerprint density at radius 1 is 1.41 bits per heavy atom. The molecule has 0 saturated heterocycles. The molecule has 2 nitrogen and oxygen atoms in total. The average Bonchev–Trinajstić information content (AvgIpc) is 2.23. The first-order valence-corrected chi connectivity index (χ1v) is 6.92. The fourth-order valence-electron chi connectivity index (χ4n) is 1.70. The normalized spacial score (nSPS) is 13.8. The largest absolute Gasteiger partial charge is 0.271 e. The predicted molar refractivity (Wildman–Crippen MR) is 77.9 cm³/mol. The highest BCUT2D eigenvalue weighted by Crippen LogP contribution is 2.33. The third-order valence-corrected chi connectivity index (χ3v) is 4.05. The number of nitrogens with two attached hydrogens (primary N) is 1. The van der Waals surface area contributed by atoms with Crippen molar-refractivity contribution in [3.63, 3.8) is 0 Å². The van der Waals surface area contributed by atoms with E-state index >= 15 is 0 Å².